The fourth-order valence-corrected chi connectivity index (χ4v) is 1.51. The van der Waals surface area contributed by atoms with Gasteiger partial charge in [0.1, 0.15) is 0 Å². The number of hydrogen-bond acceptors (Lipinski definition) is 0. The van der Waals surface area contributed by atoms with Gasteiger partial charge < -0.3 is 4.57 Å². The second kappa shape index (κ2) is 4.50. The van der Waals surface area contributed by atoms with Crippen molar-refractivity contribution in [3.63, 3.8) is 0 Å². The van der Waals surface area contributed by atoms with Crippen LogP contribution in [0.5, 0.6) is 0 Å². The monoisotopic (exact) mass is 191 g/mol. The van der Waals surface area contributed by atoms with E-state index < -0.39 is 0 Å². The van der Waals surface area contributed by atoms with Crippen LogP contribution in [0.1, 0.15) is 44.4 Å². The molecule has 0 atom stereocenters. The maximum atomic E-state index is 4.05. The molecule has 1 heteroatoms. The largest absolute Gasteiger partial charge is 0.354 e. The lowest BCUT2D eigenvalue weighted by molar-refractivity contribution is 0.820. The minimum Gasteiger partial charge on any atom is -0.354 e. The molecule has 0 aliphatic carbocycles. The van der Waals surface area contributed by atoms with Crippen LogP contribution in [-0.4, -0.2) is 4.57 Å². The molecule has 0 amide bonds. The molecule has 1 aromatic heterocycles. The van der Waals surface area contributed by atoms with Gasteiger partial charge in [-0.05, 0) is 24.0 Å². The summed E-state index contributed by atoms with van der Waals surface area (Å²) in [5.41, 5.74) is 4.11. The smallest absolute Gasteiger partial charge is 0.0215 e. The number of aromatic nitrogens is 1. The van der Waals surface area contributed by atoms with Crippen LogP contribution in [0.4, 0.5) is 0 Å². The lowest BCUT2D eigenvalue weighted by Crippen LogP contribution is -1.95. The Morgan fingerprint density at radius 3 is 2.57 bits per heavy atom. The zero-order valence-electron chi connectivity index (χ0n) is 9.80. The Balaban J connectivity index is 2.82. The Morgan fingerprint density at radius 1 is 1.50 bits per heavy atom. The van der Waals surface area contributed by atoms with Crippen LogP contribution < -0.4 is 0 Å². The second-order valence-electron chi connectivity index (χ2n) is 4.31. The van der Waals surface area contributed by atoms with Gasteiger partial charge in [0.2, 0.25) is 0 Å². The van der Waals surface area contributed by atoms with Crippen LogP contribution in [-0.2, 0) is 13.5 Å². The molecule has 0 aliphatic rings. The van der Waals surface area contributed by atoms with E-state index in [0.29, 0.717) is 5.92 Å². The SMILES string of the molecule is C=C(CC)Cc1cc(C(C)C)cn1C. The van der Waals surface area contributed by atoms with Crippen LogP contribution in [0, 0.1) is 0 Å². The van der Waals surface area contributed by atoms with E-state index in [1.54, 1.807) is 0 Å². The van der Waals surface area contributed by atoms with Crippen molar-refractivity contribution in [2.45, 2.75) is 39.5 Å². The molecule has 78 valence electrons. The average molecular weight is 191 g/mol. The van der Waals surface area contributed by atoms with E-state index in [-0.39, 0.29) is 0 Å². The summed E-state index contributed by atoms with van der Waals surface area (Å²) in [6, 6.07) is 2.30. The van der Waals surface area contributed by atoms with Gasteiger partial charge in [0.15, 0.2) is 0 Å². The third-order valence-corrected chi connectivity index (χ3v) is 2.73. The van der Waals surface area contributed by atoms with E-state index in [9.17, 15) is 0 Å². The fourth-order valence-electron chi connectivity index (χ4n) is 1.51. The Bertz CT molecular complexity index is 318. The molecule has 0 saturated carbocycles. The lowest BCUT2D eigenvalue weighted by atomic mass is 10.1. The van der Waals surface area contributed by atoms with Gasteiger partial charge in [0.05, 0.1) is 0 Å². The predicted molar refractivity (Wildman–Crippen MR) is 62.6 cm³/mol. The van der Waals surface area contributed by atoms with Gasteiger partial charge in [-0.25, -0.2) is 0 Å². The molecule has 0 bridgehead atoms. The first kappa shape index (κ1) is 11.1. The molecule has 0 spiro atoms. The summed E-state index contributed by atoms with van der Waals surface area (Å²) in [6.07, 6.45) is 4.31. The Labute approximate surface area is 87.4 Å². The molecule has 0 fully saturated rings. The maximum Gasteiger partial charge on any atom is 0.0215 e. The first-order chi connectivity index (χ1) is 6.54. The van der Waals surface area contributed by atoms with E-state index in [1.165, 1.54) is 16.8 Å². The first-order valence-corrected chi connectivity index (χ1v) is 5.36. The van der Waals surface area contributed by atoms with Crippen molar-refractivity contribution in [3.8, 4) is 0 Å². The van der Waals surface area contributed by atoms with Crippen LogP contribution in [0.2, 0.25) is 0 Å². The standard InChI is InChI=1S/C13H21N/c1-6-11(4)7-13-8-12(10(2)3)9-14(13)5/h8-10H,4,6-7H2,1-3,5H3. The highest BCUT2D eigenvalue weighted by Crippen LogP contribution is 2.19. The van der Waals surface area contributed by atoms with Gasteiger partial charge in [0.25, 0.3) is 0 Å². The minimum absolute atomic E-state index is 0.616. The zero-order valence-corrected chi connectivity index (χ0v) is 9.80. The van der Waals surface area contributed by atoms with Crippen molar-refractivity contribution in [1.82, 2.24) is 4.57 Å². The van der Waals surface area contributed by atoms with E-state index in [0.717, 1.165) is 12.8 Å². The second-order valence-corrected chi connectivity index (χ2v) is 4.31. The van der Waals surface area contributed by atoms with Crippen molar-refractivity contribution in [2.75, 3.05) is 0 Å². The molecule has 0 aliphatic heterocycles. The van der Waals surface area contributed by atoms with Gasteiger partial charge >= 0.3 is 0 Å². The van der Waals surface area contributed by atoms with Gasteiger partial charge in [-0.1, -0.05) is 32.9 Å². The zero-order chi connectivity index (χ0) is 10.7. The Hall–Kier alpha value is -0.980. The average Bonchev–Trinajstić information content (AvgIpc) is 2.48. The molecule has 0 radical (unpaired) electrons. The first-order valence-electron chi connectivity index (χ1n) is 5.36. The van der Waals surface area contributed by atoms with E-state index in [2.05, 4.69) is 51.2 Å². The quantitative estimate of drug-likeness (QED) is 0.640. The molecule has 1 rings (SSSR count). The lowest BCUT2D eigenvalue weighted by Gasteiger charge is -2.03. The topological polar surface area (TPSA) is 4.93 Å². The fraction of sp³-hybridized carbons (Fsp3) is 0.538. The molecule has 14 heavy (non-hydrogen) atoms. The number of rotatable bonds is 4. The molecule has 1 aromatic rings. The summed E-state index contributed by atoms with van der Waals surface area (Å²) in [6.45, 7) is 10.7. The van der Waals surface area contributed by atoms with Gasteiger partial charge in [-0.15, -0.1) is 0 Å². The number of nitrogens with zero attached hydrogens (tertiary/aromatic N) is 1. The van der Waals surface area contributed by atoms with Crippen LogP contribution in [0.3, 0.4) is 0 Å². The summed E-state index contributed by atoms with van der Waals surface area (Å²) >= 11 is 0. The van der Waals surface area contributed by atoms with Crippen molar-refractivity contribution in [3.05, 3.63) is 35.7 Å². The van der Waals surface area contributed by atoms with E-state index >= 15 is 0 Å². The number of aryl methyl sites for hydroxylation is 1. The van der Waals surface area contributed by atoms with Gasteiger partial charge in [-0.2, -0.15) is 0 Å². The molecule has 1 heterocycles. The minimum atomic E-state index is 0.616. The van der Waals surface area contributed by atoms with Gasteiger partial charge in [-0.3, -0.25) is 0 Å². The summed E-state index contributed by atoms with van der Waals surface area (Å²) in [5.74, 6) is 0.616. The molecular weight excluding hydrogens is 170 g/mol. The molecule has 1 nitrogen and oxygen atoms in total. The van der Waals surface area contributed by atoms with Crippen molar-refractivity contribution < 1.29 is 0 Å². The number of hydrogen-bond donors (Lipinski definition) is 0. The van der Waals surface area contributed by atoms with E-state index in [4.69, 9.17) is 0 Å². The molecule has 0 saturated heterocycles. The van der Waals surface area contributed by atoms with Crippen molar-refractivity contribution >= 4 is 0 Å². The maximum absolute atomic E-state index is 4.05. The highest BCUT2D eigenvalue weighted by molar-refractivity contribution is 5.24. The number of allylic oxidation sites excluding steroid dienone is 1. The molecule has 0 N–H and O–H groups in total. The summed E-state index contributed by atoms with van der Waals surface area (Å²) in [7, 11) is 2.12. The summed E-state index contributed by atoms with van der Waals surface area (Å²) in [5, 5.41) is 0. The molecule has 0 unspecified atom stereocenters. The highest BCUT2D eigenvalue weighted by Gasteiger charge is 2.06. The summed E-state index contributed by atoms with van der Waals surface area (Å²) in [4.78, 5) is 0. The Morgan fingerprint density at radius 2 is 2.14 bits per heavy atom. The summed E-state index contributed by atoms with van der Waals surface area (Å²) < 4.78 is 2.22. The molecule has 0 aromatic carbocycles. The third kappa shape index (κ3) is 2.50. The predicted octanol–water partition coefficient (Wildman–Crippen LogP) is 3.66. The normalized spacial score (nSPS) is 10.9. The van der Waals surface area contributed by atoms with Crippen LogP contribution in [0.25, 0.3) is 0 Å². The van der Waals surface area contributed by atoms with Crippen LogP contribution in [0.15, 0.2) is 24.4 Å². The Kier molecular flexibility index (Phi) is 3.56. The van der Waals surface area contributed by atoms with Gasteiger partial charge in [0, 0.05) is 25.4 Å². The van der Waals surface area contributed by atoms with Crippen LogP contribution >= 0.6 is 0 Å². The highest BCUT2D eigenvalue weighted by atomic mass is 14.9. The van der Waals surface area contributed by atoms with Crippen molar-refractivity contribution in [1.29, 1.82) is 0 Å². The van der Waals surface area contributed by atoms with Crippen molar-refractivity contribution in [2.24, 2.45) is 7.05 Å². The third-order valence-electron chi connectivity index (χ3n) is 2.73. The van der Waals surface area contributed by atoms with E-state index in [1.807, 2.05) is 0 Å². The molecular formula is C13H21N.